The summed E-state index contributed by atoms with van der Waals surface area (Å²) in [6.07, 6.45) is 5.06. The average molecular weight is 421 g/mol. The highest BCUT2D eigenvalue weighted by molar-refractivity contribution is 7.94. The van der Waals surface area contributed by atoms with Crippen molar-refractivity contribution in [2.75, 3.05) is 18.9 Å². The second-order valence-electron chi connectivity index (χ2n) is 6.48. The minimum atomic E-state index is -3.74. The Balaban J connectivity index is 1.54. The Morgan fingerprint density at radius 1 is 1.14 bits per heavy atom. The molecule has 0 bridgehead atoms. The molecule has 4 rings (SSSR count). The van der Waals surface area contributed by atoms with E-state index in [1.54, 1.807) is 36.5 Å². The maximum atomic E-state index is 12.8. The summed E-state index contributed by atoms with van der Waals surface area (Å²) in [4.78, 5) is 5.07. The fourth-order valence-corrected chi connectivity index (χ4v) is 5.25. The molecule has 0 atom stereocenters. The van der Waals surface area contributed by atoms with Crippen molar-refractivity contribution < 1.29 is 22.3 Å². The summed E-state index contributed by atoms with van der Waals surface area (Å²) in [6, 6.07) is 8.14. The van der Waals surface area contributed by atoms with E-state index >= 15 is 0 Å². The van der Waals surface area contributed by atoms with Gasteiger partial charge in [0.15, 0.2) is 23.1 Å². The van der Waals surface area contributed by atoms with Gasteiger partial charge in [0.05, 0.1) is 31.0 Å². The lowest BCUT2D eigenvalue weighted by molar-refractivity contribution is 0.338. The van der Waals surface area contributed by atoms with Crippen LogP contribution >= 0.6 is 11.3 Å². The fraction of sp³-hybridized carbons (Fsp3) is 0.316. The zero-order chi connectivity index (χ0) is 19.7. The van der Waals surface area contributed by atoms with Crippen molar-refractivity contribution in [2.24, 2.45) is 0 Å². The molecule has 1 N–H and O–H groups in total. The van der Waals surface area contributed by atoms with Crippen LogP contribution in [0.4, 0.5) is 5.69 Å². The van der Waals surface area contributed by atoms with Gasteiger partial charge < -0.3 is 13.9 Å². The molecule has 0 saturated heterocycles. The van der Waals surface area contributed by atoms with Gasteiger partial charge in [0, 0.05) is 12.0 Å². The highest BCUT2D eigenvalue weighted by Crippen LogP contribution is 2.39. The fourth-order valence-electron chi connectivity index (χ4n) is 2.95. The highest BCUT2D eigenvalue weighted by Gasteiger charge is 2.25. The first kappa shape index (κ1) is 18.8. The van der Waals surface area contributed by atoms with Crippen LogP contribution in [-0.4, -0.2) is 27.6 Å². The molecule has 9 heteroatoms. The molecule has 3 aromatic rings. The maximum absolute atomic E-state index is 12.8. The van der Waals surface area contributed by atoms with E-state index in [9.17, 15) is 8.42 Å². The minimum Gasteiger partial charge on any atom is -0.493 e. The molecule has 0 unspecified atom stereocenters. The van der Waals surface area contributed by atoms with Crippen LogP contribution in [0.3, 0.4) is 0 Å². The Kier molecular flexibility index (Phi) is 5.03. The van der Waals surface area contributed by atoms with Gasteiger partial charge in [0.1, 0.15) is 4.21 Å². The topological polar surface area (TPSA) is 90.7 Å². The van der Waals surface area contributed by atoms with Crippen LogP contribution < -0.4 is 14.2 Å². The van der Waals surface area contributed by atoms with E-state index in [-0.39, 0.29) is 4.21 Å². The van der Waals surface area contributed by atoms with Gasteiger partial charge in [-0.15, -0.1) is 11.3 Å². The van der Waals surface area contributed by atoms with Crippen LogP contribution in [0, 0.1) is 0 Å². The minimum absolute atomic E-state index is 0.193. The van der Waals surface area contributed by atoms with Crippen molar-refractivity contribution in [1.82, 2.24) is 4.98 Å². The molecule has 0 spiro atoms. The largest absolute Gasteiger partial charge is 0.493 e. The van der Waals surface area contributed by atoms with Crippen molar-refractivity contribution in [3.05, 3.63) is 42.4 Å². The molecule has 1 aliphatic rings. The van der Waals surface area contributed by atoms with Gasteiger partial charge in [0.25, 0.3) is 10.0 Å². The molecule has 28 heavy (non-hydrogen) atoms. The lowest BCUT2D eigenvalue weighted by atomic mass is 9.85. The highest BCUT2D eigenvalue weighted by atomic mass is 32.2. The third kappa shape index (κ3) is 3.59. The second-order valence-corrected chi connectivity index (χ2v) is 9.48. The van der Waals surface area contributed by atoms with Crippen molar-refractivity contribution in [3.8, 4) is 22.1 Å². The number of nitrogens with one attached hydrogen (secondary N) is 1. The normalized spacial score (nSPS) is 14.5. The summed E-state index contributed by atoms with van der Waals surface area (Å²) in [6.45, 7) is 0. The Bertz CT molecular complexity index is 1080. The Labute approximate surface area is 167 Å². The number of sulfonamides is 1. The van der Waals surface area contributed by atoms with E-state index < -0.39 is 10.0 Å². The van der Waals surface area contributed by atoms with Crippen molar-refractivity contribution in [2.45, 2.75) is 29.4 Å². The van der Waals surface area contributed by atoms with E-state index in [1.807, 2.05) is 0 Å². The van der Waals surface area contributed by atoms with Gasteiger partial charge in [-0.3, -0.25) is 4.72 Å². The summed E-state index contributed by atoms with van der Waals surface area (Å²) in [5, 5.41) is 0. The monoisotopic (exact) mass is 420 g/mol. The molecular weight excluding hydrogens is 400 g/mol. The average Bonchev–Trinajstić information content (AvgIpc) is 3.29. The van der Waals surface area contributed by atoms with Crippen LogP contribution in [-0.2, 0) is 10.0 Å². The van der Waals surface area contributed by atoms with E-state index in [0.717, 1.165) is 34.9 Å². The number of oxazole rings is 1. The number of nitrogens with zero attached hydrogens (tertiary/aromatic N) is 1. The van der Waals surface area contributed by atoms with Crippen LogP contribution in [0.1, 0.15) is 31.1 Å². The van der Waals surface area contributed by atoms with E-state index in [1.165, 1.54) is 20.6 Å². The van der Waals surface area contributed by atoms with Crippen molar-refractivity contribution in [1.29, 1.82) is 0 Å². The predicted octanol–water partition coefficient (Wildman–Crippen LogP) is 4.49. The van der Waals surface area contributed by atoms with Crippen molar-refractivity contribution >= 4 is 27.0 Å². The molecule has 2 aromatic heterocycles. The van der Waals surface area contributed by atoms with Gasteiger partial charge >= 0.3 is 0 Å². The smallest absolute Gasteiger partial charge is 0.271 e. The molecule has 1 saturated carbocycles. The van der Waals surface area contributed by atoms with E-state index in [0.29, 0.717) is 28.9 Å². The lowest BCUT2D eigenvalue weighted by Crippen LogP contribution is -2.11. The van der Waals surface area contributed by atoms with E-state index in [4.69, 9.17) is 13.9 Å². The number of benzene rings is 1. The van der Waals surface area contributed by atoms with Gasteiger partial charge in [-0.05, 0) is 37.1 Å². The summed E-state index contributed by atoms with van der Waals surface area (Å²) in [5.41, 5.74) is 0.388. The SMILES string of the molecule is COc1ccc(NS(=O)(=O)c2ccc(-c3cnc(C4CCC4)o3)s2)cc1OC. The molecule has 7 nitrogen and oxygen atoms in total. The van der Waals surface area contributed by atoms with Crippen molar-refractivity contribution in [3.63, 3.8) is 0 Å². The number of aromatic nitrogens is 1. The summed E-state index contributed by atoms with van der Waals surface area (Å²) in [7, 11) is -0.718. The molecule has 0 radical (unpaired) electrons. The van der Waals surface area contributed by atoms with E-state index in [2.05, 4.69) is 9.71 Å². The summed E-state index contributed by atoms with van der Waals surface area (Å²) >= 11 is 1.14. The van der Waals surface area contributed by atoms with Crippen LogP contribution in [0.15, 0.2) is 45.2 Å². The number of ether oxygens (including phenoxy) is 2. The Morgan fingerprint density at radius 3 is 2.61 bits per heavy atom. The number of thiophene rings is 1. The quantitative estimate of drug-likeness (QED) is 0.606. The number of rotatable bonds is 7. The number of hydrogen-bond donors (Lipinski definition) is 1. The van der Waals surface area contributed by atoms with Gasteiger partial charge in [-0.1, -0.05) is 6.42 Å². The zero-order valence-corrected chi connectivity index (χ0v) is 17.1. The molecule has 0 aliphatic heterocycles. The molecule has 1 aliphatic carbocycles. The maximum Gasteiger partial charge on any atom is 0.271 e. The molecule has 1 aromatic carbocycles. The summed E-state index contributed by atoms with van der Waals surface area (Å²) in [5.74, 6) is 2.70. The van der Waals surface area contributed by atoms with Gasteiger partial charge in [-0.25, -0.2) is 13.4 Å². The zero-order valence-electron chi connectivity index (χ0n) is 15.5. The lowest BCUT2D eigenvalue weighted by Gasteiger charge is -2.21. The molecule has 2 heterocycles. The first-order chi connectivity index (χ1) is 13.5. The van der Waals surface area contributed by atoms with Crippen LogP contribution in [0.2, 0.25) is 0 Å². The van der Waals surface area contributed by atoms with Gasteiger partial charge in [-0.2, -0.15) is 0 Å². The second kappa shape index (κ2) is 7.48. The number of anilines is 1. The molecular formula is C19H20N2O5S2. The molecule has 148 valence electrons. The van der Waals surface area contributed by atoms with Gasteiger partial charge in [0.2, 0.25) is 0 Å². The predicted molar refractivity (Wildman–Crippen MR) is 107 cm³/mol. The first-order valence-electron chi connectivity index (χ1n) is 8.81. The third-order valence-electron chi connectivity index (χ3n) is 4.70. The number of methoxy groups -OCH3 is 2. The molecule has 1 fully saturated rings. The third-order valence-corrected chi connectivity index (χ3v) is 7.68. The standard InChI is InChI=1S/C19H20N2O5S2/c1-24-14-7-6-13(10-15(14)25-2)21-28(22,23)18-9-8-17(27-18)16-11-20-19(26-16)12-4-3-5-12/h6-12,21H,3-5H2,1-2H3. The first-order valence-corrected chi connectivity index (χ1v) is 11.1. The number of hydrogen-bond acceptors (Lipinski definition) is 7. The Hall–Kier alpha value is -2.52. The summed E-state index contributed by atoms with van der Waals surface area (Å²) < 4.78 is 44.5. The Morgan fingerprint density at radius 2 is 1.93 bits per heavy atom. The van der Waals surface area contributed by atoms with Crippen LogP contribution in [0.5, 0.6) is 11.5 Å². The van der Waals surface area contributed by atoms with Crippen LogP contribution in [0.25, 0.3) is 10.6 Å². The molecule has 0 amide bonds.